The minimum atomic E-state index is 0.0653. The lowest BCUT2D eigenvalue weighted by atomic mass is 10.0. The lowest BCUT2D eigenvalue weighted by Gasteiger charge is -2.18. The normalized spacial score (nSPS) is 12.7. The average Bonchev–Trinajstić information content (AvgIpc) is 2.71. The highest BCUT2D eigenvalue weighted by Gasteiger charge is 2.18. The zero-order chi connectivity index (χ0) is 12.4. The SMILES string of the molecule is CNC(c1cc(Cl)ccc1Br)c1ccnn1C. The van der Waals surface area contributed by atoms with Gasteiger partial charge in [0, 0.05) is 22.7 Å². The molecule has 0 bridgehead atoms. The Balaban J connectivity index is 2.49. The smallest absolute Gasteiger partial charge is 0.0757 e. The second-order valence-electron chi connectivity index (χ2n) is 3.77. The summed E-state index contributed by atoms with van der Waals surface area (Å²) in [5.41, 5.74) is 2.19. The first-order valence-corrected chi connectivity index (χ1v) is 6.40. The van der Waals surface area contributed by atoms with Gasteiger partial charge in [-0.05, 0) is 36.9 Å². The maximum absolute atomic E-state index is 6.05. The van der Waals surface area contributed by atoms with E-state index >= 15 is 0 Å². The van der Waals surface area contributed by atoms with Crippen LogP contribution in [0.1, 0.15) is 17.3 Å². The Morgan fingerprint density at radius 3 is 2.76 bits per heavy atom. The Morgan fingerprint density at radius 2 is 2.18 bits per heavy atom. The fourth-order valence-electron chi connectivity index (χ4n) is 1.87. The Bertz CT molecular complexity index is 524. The molecule has 0 aliphatic carbocycles. The molecule has 0 fully saturated rings. The van der Waals surface area contributed by atoms with Gasteiger partial charge in [-0.2, -0.15) is 5.10 Å². The molecule has 2 aromatic rings. The van der Waals surface area contributed by atoms with Crippen LogP contribution < -0.4 is 5.32 Å². The van der Waals surface area contributed by atoms with E-state index < -0.39 is 0 Å². The number of rotatable bonds is 3. The second-order valence-corrected chi connectivity index (χ2v) is 5.06. The lowest BCUT2D eigenvalue weighted by Crippen LogP contribution is -2.21. The molecule has 90 valence electrons. The molecule has 0 radical (unpaired) electrons. The summed E-state index contributed by atoms with van der Waals surface area (Å²) >= 11 is 9.60. The number of hydrogen-bond donors (Lipinski definition) is 1. The van der Waals surface area contributed by atoms with Gasteiger partial charge in [-0.1, -0.05) is 27.5 Å². The summed E-state index contributed by atoms with van der Waals surface area (Å²) < 4.78 is 2.89. The molecule has 0 spiro atoms. The van der Waals surface area contributed by atoms with Crippen LogP contribution in [0.2, 0.25) is 5.02 Å². The molecule has 0 amide bonds. The third-order valence-corrected chi connectivity index (χ3v) is 3.67. The number of aromatic nitrogens is 2. The summed E-state index contributed by atoms with van der Waals surface area (Å²) in [6.07, 6.45) is 1.79. The van der Waals surface area contributed by atoms with Crippen LogP contribution in [0.4, 0.5) is 0 Å². The molecule has 1 N–H and O–H groups in total. The molecule has 1 heterocycles. The Labute approximate surface area is 114 Å². The van der Waals surface area contributed by atoms with Crippen LogP contribution in [-0.4, -0.2) is 16.8 Å². The molecule has 0 saturated heterocycles. The summed E-state index contributed by atoms with van der Waals surface area (Å²) in [6.45, 7) is 0. The zero-order valence-electron chi connectivity index (χ0n) is 9.61. The summed E-state index contributed by atoms with van der Waals surface area (Å²) in [6, 6.07) is 7.84. The summed E-state index contributed by atoms with van der Waals surface area (Å²) in [5, 5.41) is 8.20. The first-order chi connectivity index (χ1) is 8.13. The van der Waals surface area contributed by atoms with Crippen LogP contribution in [0.3, 0.4) is 0 Å². The van der Waals surface area contributed by atoms with Crippen molar-refractivity contribution >= 4 is 27.5 Å². The standard InChI is InChI=1S/C12H13BrClN3/c1-15-12(11-5-6-16-17(11)2)9-7-8(14)3-4-10(9)13/h3-7,12,15H,1-2H3. The van der Waals surface area contributed by atoms with E-state index in [1.54, 1.807) is 6.20 Å². The first kappa shape index (κ1) is 12.6. The number of benzene rings is 1. The van der Waals surface area contributed by atoms with E-state index in [2.05, 4.69) is 26.3 Å². The van der Waals surface area contributed by atoms with Crippen LogP contribution in [0.25, 0.3) is 0 Å². The van der Waals surface area contributed by atoms with Crippen molar-refractivity contribution in [3.8, 4) is 0 Å². The monoisotopic (exact) mass is 313 g/mol. The average molecular weight is 315 g/mol. The van der Waals surface area contributed by atoms with E-state index in [1.807, 2.05) is 43.0 Å². The number of hydrogen-bond acceptors (Lipinski definition) is 2. The zero-order valence-corrected chi connectivity index (χ0v) is 12.0. The number of aryl methyl sites for hydroxylation is 1. The number of nitrogens with zero attached hydrogens (tertiary/aromatic N) is 2. The Kier molecular flexibility index (Phi) is 3.86. The van der Waals surface area contributed by atoms with Crippen LogP contribution in [0.5, 0.6) is 0 Å². The van der Waals surface area contributed by atoms with Crippen molar-refractivity contribution in [3.63, 3.8) is 0 Å². The van der Waals surface area contributed by atoms with Gasteiger partial charge in [-0.15, -0.1) is 0 Å². The quantitative estimate of drug-likeness (QED) is 0.943. The maximum atomic E-state index is 6.05. The molecular weight excluding hydrogens is 302 g/mol. The molecule has 1 aromatic heterocycles. The highest BCUT2D eigenvalue weighted by Crippen LogP contribution is 2.30. The van der Waals surface area contributed by atoms with Crippen LogP contribution in [0.15, 0.2) is 34.9 Å². The summed E-state index contributed by atoms with van der Waals surface area (Å²) in [4.78, 5) is 0. The van der Waals surface area contributed by atoms with Gasteiger partial charge in [0.15, 0.2) is 0 Å². The molecule has 1 atom stereocenters. The van der Waals surface area contributed by atoms with E-state index in [0.29, 0.717) is 0 Å². The van der Waals surface area contributed by atoms with Crippen molar-refractivity contribution in [2.45, 2.75) is 6.04 Å². The van der Waals surface area contributed by atoms with E-state index in [4.69, 9.17) is 11.6 Å². The summed E-state index contributed by atoms with van der Waals surface area (Å²) in [7, 11) is 3.85. The molecule has 1 unspecified atom stereocenters. The van der Waals surface area contributed by atoms with Crippen LogP contribution in [-0.2, 0) is 7.05 Å². The van der Waals surface area contributed by atoms with E-state index in [-0.39, 0.29) is 6.04 Å². The van der Waals surface area contributed by atoms with Crippen molar-refractivity contribution in [2.24, 2.45) is 7.05 Å². The largest absolute Gasteiger partial charge is 0.308 e. The van der Waals surface area contributed by atoms with E-state index in [9.17, 15) is 0 Å². The maximum Gasteiger partial charge on any atom is 0.0757 e. The molecule has 2 rings (SSSR count). The molecule has 5 heteroatoms. The van der Waals surface area contributed by atoms with Crippen molar-refractivity contribution < 1.29 is 0 Å². The predicted octanol–water partition coefficient (Wildman–Crippen LogP) is 3.14. The third kappa shape index (κ3) is 2.54. The fourth-order valence-corrected chi connectivity index (χ4v) is 2.52. The third-order valence-electron chi connectivity index (χ3n) is 2.71. The Hall–Kier alpha value is -0.840. The first-order valence-electron chi connectivity index (χ1n) is 5.23. The van der Waals surface area contributed by atoms with Crippen molar-refractivity contribution in [2.75, 3.05) is 7.05 Å². The Morgan fingerprint density at radius 1 is 1.41 bits per heavy atom. The highest BCUT2D eigenvalue weighted by molar-refractivity contribution is 9.10. The molecular formula is C12H13BrClN3. The second kappa shape index (κ2) is 5.21. The van der Waals surface area contributed by atoms with Gasteiger partial charge in [-0.25, -0.2) is 0 Å². The molecule has 17 heavy (non-hydrogen) atoms. The van der Waals surface area contributed by atoms with E-state index in [0.717, 1.165) is 20.8 Å². The molecule has 0 aliphatic rings. The lowest BCUT2D eigenvalue weighted by molar-refractivity contribution is 0.604. The number of nitrogens with one attached hydrogen (secondary N) is 1. The summed E-state index contributed by atoms with van der Waals surface area (Å²) in [5.74, 6) is 0. The van der Waals surface area contributed by atoms with Crippen molar-refractivity contribution in [1.82, 2.24) is 15.1 Å². The molecule has 0 saturated carbocycles. The molecule has 3 nitrogen and oxygen atoms in total. The van der Waals surface area contributed by atoms with Gasteiger partial charge in [-0.3, -0.25) is 4.68 Å². The van der Waals surface area contributed by atoms with Crippen molar-refractivity contribution in [3.05, 3.63) is 51.2 Å². The highest BCUT2D eigenvalue weighted by atomic mass is 79.9. The van der Waals surface area contributed by atoms with Gasteiger partial charge < -0.3 is 5.32 Å². The van der Waals surface area contributed by atoms with Gasteiger partial charge in [0.05, 0.1) is 11.7 Å². The van der Waals surface area contributed by atoms with Gasteiger partial charge >= 0.3 is 0 Å². The fraction of sp³-hybridized carbons (Fsp3) is 0.250. The van der Waals surface area contributed by atoms with Crippen LogP contribution in [0, 0.1) is 0 Å². The van der Waals surface area contributed by atoms with E-state index in [1.165, 1.54) is 0 Å². The topological polar surface area (TPSA) is 29.9 Å². The number of halogens is 2. The predicted molar refractivity (Wildman–Crippen MR) is 73.3 cm³/mol. The molecule has 1 aromatic carbocycles. The van der Waals surface area contributed by atoms with Gasteiger partial charge in [0.1, 0.15) is 0 Å². The van der Waals surface area contributed by atoms with Crippen molar-refractivity contribution in [1.29, 1.82) is 0 Å². The minimum absolute atomic E-state index is 0.0653. The molecule has 0 aliphatic heterocycles. The minimum Gasteiger partial charge on any atom is -0.308 e. The van der Waals surface area contributed by atoms with Gasteiger partial charge in [0.25, 0.3) is 0 Å². The van der Waals surface area contributed by atoms with Crippen LogP contribution >= 0.6 is 27.5 Å². The van der Waals surface area contributed by atoms with Gasteiger partial charge in [0.2, 0.25) is 0 Å².